The molecule has 51 valence electrons. The summed E-state index contributed by atoms with van der Waals surface area (Å²) < 4.78 is 23.4. The molecule has 0 saturated carbocycles. The molecule has 0 aromatic carbocycles. The number of rotatable bonds is 2. The number of hydrogen-bond acceptors (Lipinski definition) is 0. The fourth-order valence-corrected chi connectivity index (χ4v) is 0.453. The summed E-state index contributed by atoms with van der Waals surface area (Å²) >= 11 is 0. The van der Waals surface area contributed by atoms with Crippen molar-refractivity contribution >= 4 is 0 Å². The maximum Gasteiger partial charge on any atom is 0.394 e. The molecule has 1 nitrogen and oxygen atoms in total. The molecule has 1 unspecified atom stereocenters. The van der Waals surface area contributed by atoms with Gasteiger partial charge < -0.3 is 0 Å². The zero-order valence-corrected chi connectivity index (χ0v) is 5.03. The first-order chi connectivity index (χ1) is 4.02. The predicted molar refractivity (Wildman–Crippen MR) is 28.2 cm³/mol. The summed E-state index contributed by atoms with van der Waals surface area (Å²) in [5, 5.41) is 9.79. The van der Waals surface area contributed by atoms with Gasteiger partial charge in [0, 0.05) is 0 Å². The van der Waals surface area contributed by atoms with Crippen LogP contribution >= 0.6 is 0 Å². The molecular weight excluding hydrogens is 126 g/mol. The van der Waals surface area contributed by atoms with E-state index in [1.54, 1.807) is 5.92 Å². The summed E-state index contributed by atoms with van der Waals surface area (Å²) in [6, 6.07) is 0. The van der Waals surface area contributed by atoms with E-state index in [1.807, 2.05) is 0 Å². The van der Waals surface area contributed by atoms with Crippen LogP contribution < -0.4 is 0 Å². The molecule has 0 N–H and O–H groups in total. The maximum absolute atomic E-state index is 11.7. The largest absolute Gasteiger partial charge is 0.394 e. The van der Waals surface area contributed by atoms with E-state index in [0.717, 1.165) is 0 Å². The molecule has 0 bridgehead atoms. The van der Waals surface area contributed by atoms with Crippen molar-refractivity contribution in [1.82, 2.24) is 0 Å². The molecule has 0 spiro atoms. The number of terminal acetylenes is 1. The van der Waals surface area contributed by atoms with Crippen LogP contribution in [0.15, 0.2) is 0 Å². The predicted octanol–water partition coefficient (Wildman–Crippen LogP) is 1.67. The number of halogens is 2. The fraction of sp³-hybridized carbons (Fsp3) is 0.667. The molecule has 0 saturated heterocycles. The van der Waals surface area contributed by atoms with Crippen LogP contribution in [0.2, 0.25) is 0 Å². The maximum atomic E-state index is 11.7. The summed E-state index contributed by atoms with van der Waals surface area (Å²) in [4.78, 5) is 0. The van der Waals surface area contributed by atoms with Crippen molar-refractivity contribution in [3.8, 4) is 12.3 Å². The monoisotopic (exact) mass is 133 g/mol. The summed E-state index contributed by atoms with van der Waals surface area (Å²) in [5.74, 6) is 0.269. The molecule has 9 heavy (non-hydrogen) atoms. The Kier molecular flexibility index (Phi) is 2.60. The van der Waals surface area contributed by atoms with E-state index >= 15 is 0 Å². The SMILES string of the molecule is C#CC(CC)C([O])(F)F. The first kappa shape index (κ1) is 8.38. The van der Waals surface area contributed by atoms with Crippen molar-refractivity contribution < 1.29 is 13.9 Å². The number of hydrogen-bond donors (Lipinski definition) is 0. The molecule has 0 amide bonds. The molecule has 0 aliphatic heterocycles. The average Bonchev–Trinajstić information content (AvgIpc) is 1.65. The van der Waals surface area contributed by atoms with Gasteiger partial charge in [-0.05, 0) is 6.42 Å². The van der Waals surface area contributed by atoms with Crippen LogP contribution in [-0.2, 0) is 5.11 Å². The van der Waals surface area contributed by atoms with Gasteiger partial charge in [0.15, 0.2) is 0 Å². The van der Waals surface area contributed by atoms with Gasteiger partial charge in [-0.3, -0.25) is 0 Å². The van der Waals surface area contributed by atoms with E-state index in [-0.39, 0.29) is 6.42 Å². The van der Waals surface area contributed by atoms with Gasteiger partial charge in [-0.15, -0.1) is 6.42 Å². The lowest BCUT2D eigenvalue weighted by molar-refractivity contribution is -0.264. The van der Waals surface area contributed by atoms with E-state index in [0.29, 0.717) is 0 Å². The van der Waals surface area contributed by atoms with Gasteiger partial charge in [0.2, 0.25) is 0 Å². The topological polar surface area (TPSA) is 19.9 Å². The van der Waals surface area contributed by atoms with Gasteiger partial charge in [-0.2, -0.15) is 13.9 Å². The van der Waals surface area contributed by atoms with Crippen LogP contribution in [-0.4, -0.2) is 6.11 Å². The Morgan fingerprint density at radius 1 is 1.78 bits per heavy atom. The molecule has 1 atom stereocenters. The van der Waals surface area contributed by atoms with Crippen molar-refractivity contribution in [3.05, 3.63) is 0 Å². The second kappa shape index (κ2) is 2.79. The number of alkyl halides is 2. The highest BCUT2D eigenvalue weighted by Gasteiger charge is 2.36. The van der Waals surface area contributed by atoms with Crippen molar-refractivity contribution in [2.24, 2.45) is 5.92 Å². The smallest absolute Gasteiger partial charge is 0.172 e. The van der Waals surface area contributed by atoms with E-state index in [1.165, 1.54) is 6.92 Å². The third-order valence-corrected chi connectivity index (χ3v) is 1.02. The molecule has 1 radical (unpaired) electrons. The van der Waals surface area contributed by atoms with Crippen LogP contribution in [0.3, 0.4) is 0 Å². The summed E-state index contributed by atoms with van der Waals surface area (Å²) in [5.41, 5.74) is 0. The molecule has 3 heteroatoms. The van der Waals surface area contributed by atoms with Crippen molar-refractivity contribution in [1.29, 1.82) is 0 Å². The van der Waals surface area contributed by atoms with E-state index in [2.05, 4.69) is 6.42 Å². The Labute approximate surface area is 52.7 Å². The zero-order chi connectivity index (χ0) is 7.49. The summed E-state index contributed by atoms with van der Waals surface area (Å²) in [6.45, 7) is 1.45. The second-order valence-electron chi connectivity index (χ2n) is 1.69. The minimum Gasteiger partial charge on any atom is -0.172 e. The molecule has 0 fully saturated rings. The Bertz CT molecular complexity index is 120. The first-order valence-electron chi connectivity index (χ1n) is 2.56. The van der Waals surface area contributed by atoms with Crippen molar-refractivity contribution in [3.63, 3.8) is 0 Å². The lowest BCUT2D eigenvalue weighted by atomic mass is 10.1. The molecule has 0 aliphatic rings. The van der Waals surface area contributed by atoms with Gasteiger partial charge in [-0.1, -0.05) is 12.8 Å². The minimum absolute atomic E-state index is 0.0208. The third-order valence-electron chi connectivity index (χ3n) is 1.02. The molecule has 0 heterocycles. The molecule has 0 rings (SSSR count). The van der Waals surface area contributed by atoms with E-state index < -0.39 is 12.0 Å². The highest BCUT2D eigenvalue weighted by atomic mass is 19.3. The Hall–Kier alpha value is -0.620. The van der Waals surface area contributed by atoms with Gasteiger partial charge >= 0.3 is 6.11 Å². The lowest BCUT2D eigenvalue weighted by Crippen LogP contribution is -2.23. The normalized spacial score (nSPS) is 14.6. The third kappa shape index (κ3) is 2.43. The van der Waals surface area contributed by atoms with Gasteiger partial charge in [0.1, 0.15) is 5.92 Å². The second-order valence-corrected chi connectivity index (χ2v) is 1.69. The van der Waals surface area contributed by atoms with E-state index in [4.69, 9.17) is 0 Å². The molecule has 0 aromatic heterocycles. The minimum atomic E-state index is -3.97. The Morgan fingerprint density at radius 3 is 2.22 bits per heavy atom. The fourth-order valence-electron chi connectivity index (χ4n) is 0.453. The van der Waals surface area contributed by atoms with Crippen LogP contribution in [0.5, 0.6) is 0 Å². The lowest BCUT2D eigenvalue weighted by Gasteiger charge is -2.11. The standard InChI is InChI=1S/C6H7F2O/c1-3-5(4-2)6(7,8)9/h1,5H,4H2,2H3. The summed E-state index contributed by atoms with van der Waals surface area (Å²) in [6.07, 6.45) is 0.692. The van der Waals surface area contributed by atoms with Crippen LogP contribution in [0.4, 0.5) is 8.78 Å². The highest BCUT2D eigenvalue weighted by molar-refractivity contribution is 4.95. The Morgan fingerprint density at radius 2 is 2.22 bits per heavy atom. The van der Waals surface area contributed by atoms with E-state index in [9.17, 15) is 13.9 Å². The van der Waals surface area contributed by atoms with Crippen LogP contribution in [0.1, 0.15) is 13.3 Å². The summed E-state index contributed by atoms with van der Waals surface area (Å²) in [7, 11) is 0. The zero-order valence-electron chi connectivity index (χ0n) is 5.03. The average molecular weight is 133 g/mol. The van der Waals surface area contributed by atoms with Crippen LogP contribution in [0.25, 0.3) is 0 Å². The molecular formula is C6H7F2O. The van der Waals surface area contributed by atoms with Gasteiger partial charge in [0.05, 0.1) is 0 Å². The van der Waals surface area contributed by atoms with Crippen molar-refractivity contribution in [2.75, 3.05) is 0 Å². The van der Waals surface area contributed by atoms with Gasteiger partial charge in [0.25, 0.3) is 0 Å². The molecule has 0 aromatic rings. The van der Waals surface area contributed by atoms with Crippen LogP contribution in [0, 0.1) is 18.3 Å². The highest BCUT2D eigenvalue weighted by Crippen LogP contribution is 2.23. The quantitative estimate of drug-likeness (QED) is 0.510. The first-order valence-corrected chi connectivity index (χ1v) is 2.56. The Balaban J connectivity index is 4.00. The van der Waals surface area contributed by atoms with Gasteiger partial charge in [-0.25, -0.2) is 0 Å². The molecule has 0 aliphatic carbocycles. The van der Waals surface area contributed by atoms with Crippen molar-refractivity contribution in [2.45, 2.75) is 19.5 Å².